The van der Waals surface area contributed by atoms with Crippen LogP contribution in [0, 0.1) is 0 Å². The van der Waals surface area contributed by atoms with Crippen molar-refractivity contribution in [1.29, 1.82) is 0 Å². The number of hydrogen-bond acceptors (Lipinski definition) is 6. The van der Waals surface area contributed by atoms with Gasteiger partial charge in [-0.05, 0) is 0 Å². The van der Waals surface area contributed by atoms with Crippen LogP contribution in [0.5, 0.6) is 0 Å². The minimum absolute atomic E-state index is 0. The largest absolute Gasteiger partial charge is 3.00 e. The number of hydrogen-bond donors (Lipinski definition) is 1. The van der Waals surface area contributed by atoms with Gasteiger partial charge in [-0.1, -0.05) is 0 Å². The molecule has 0 saturated carbocycles. The van der Waals surface area contributed by atoms with Crippen molar-refractivity contribution in [2.45, 2.75) is 0 Å². The Balaban J connectivity index is -0.0000000910. The van der Waals surface area contributed by atoms with Gasteiger partial charge in [0.15, 0.2) is 0 Å². The van der Waals surface area contributed by atoms with Crippen molar-refractivity contribution in [2.75, 3.05) is 0 Å². The summed E-state index contributed by atoms with van der Waals surface area (Å²) >= 11 is 0. The standard InChI is InChI=1S/Fe.H2O4S.O3Si/c;1-5(2,3)4;1-4(2)3/h;(H2,1,2,3,4);/q+3;;-2/p-1. The summed E-state index contributed by atoms with van der Waals surface area (Å²) in [6.45, 7) is 0. The maximum atomic E-state index is 8.63. The van der Waals surface area contributed by atoms with E-state index in [9.17, 15) is 0 Å². The second kappa shape index (κ2) is 7.12. The van der Waals surface area contributed by atoms with Gasteiger partial charge in [-0.15, -0.1) is 0 Å². The van der Waals surface area contributed by atoms with E-state index >= 15 is 0 Å². The molecule has 1 radical (unpaired) electrons. The minimum Gasteiger partial charge on any atom is -0.726 e. The molecule has 0 heterocycles. The predicted molar refractivity (Wildman–Crippen MR) is 18.8 cm³/mol. The van der Waals surface area contributed by atoms with Crippen LogP contribution >= 0.6 is 0 Å². The van der Waals surface area contributed by atoms with E-state index in [1.54, 1.807) is 0 Å². The van der Waals surface area contributed by atoms with Crippen LogP contribution in [0.4, 0.5) is 0 Å². The smallest absolute Gasteiger partial charge is 0.726 e. The first-order valence-corrected chi connectivity index (χ1v) is 3.88. The molecule has 0 fully saturated rings. The Morgan fingerprint density at radius 3 is 1.30 bits per heavy atom. The molecule has 0 aliphatic carbocycles. The Kier molecular flexibility index (Phi) is 11.8. The van der Waals surface area contributed by atoms with E-state index in [1.165, 1.54) is 0 Å². The average Bonchev–Trinajstić information content (AvgIpc) is 1.19. The van der Waals surface area contributed by atoms with Crippen molar-refractivity contribution < 1.29 is 48.6 Å². The maximum absolute atomic E-state index is 8.63. The Labute approximate surface area is 68.6 Å². The third-order valence-corrected chi connectivity index (χ3v) is 0. The van der Waals surface area contributed by atoms with Gasteiger partial charge >= 0.3 is 17.1 Å². The van der Waals surface area contributed by atoms with E-state index in [1.807, 2.05) is 0 Å². The molecule has 0 unspecified atom stereocenters. The fourth-order valence-electron chi connectivity index (χ4n) is 0. The van der Waals surface area contributed by atoms with Crippen molar-refractivity contribution in [2.24, 2.45) is 0 Å². The molecule has 61 valence electrons. The second-order valence-corrected chi connectivity index (χ2v) is 2.03. The minimum atomic E-state index is -4.92. The SMILES string of the molecule is O=S(=O)([O-])O.O=[Si]([O-])[O-].[Fe+3]. The summed E-state index contributed by atoms with van der Waals surface area (Å²) in [5.41, 5.74) is 0. The molecule has 0 aromatic carbocycles. The van der Waals surface area contributed by atoms with Crippen LogP contribution in [0.2, 0.25) is 0 Å². The first kappa shape index (κ1) is 16.5. The second-order valence-electron chi connectivity index (χ2n) is 0.678. The van der Waals surface area contributed by atoms with Crippen LogP contribution in [-0.4, -0.2) is 26.7 Å². The Morgan fingerprint density at radius 2 is 1.30 bits per heavy atom. The molecule has 10 heteroatoms. The van der Waals surface area contributed by atoms with Crippen LogP contribution in [0.25, 0.3) is 0 Å². The molecule has 0 aromatic rings. The Bertz CT molecular complexity index is 156. The topological polar surface area (TPSA) is 141 Å². The van der Waals surface area contributed by atoms with Crippen molar-refractivity contribution in [3.63, 3.8) is 0 Å². The summed E-state index contributed by atoms with van der Waals surface area (Å²) < 4.78 is 41.4. The summed E-state index contributed by atoms with van der Waals surface area (Å²) in [6, 6.07) is 0. The van der Waals surface area contributed by atoms with Crippen molar-refractivity contribution in [3.05, 3.63) is 0 Å². The Hall–Kier alpha value is 0.00636. The molecular weight excluding hydrogens is 228 g/mol. The van der Waals surface area contributed by atoms with Crippen molar-refractivity contribution in [1.82, 2.24) is 0 Å². The van der Waals surface area contributed by atoms with Gasteiger partial charge in [0.1, 0.15) is 0 Å². The van der Waals surface area contributed by atoms with Gasteiger partial charge in [-0.2, -0.15) is 0 Å². The molecule has 0 saturated heterocycles. The van der Waals surface area contributed by atoms with Gasteiger partial charge < -0.3 is 18.6 Å². The van der Waals surface area contributed by atoms with Crippen LogP contribution in [0.15, 0.2) is 0 Å². The van der Waals surface area contributed by atoms with Crippen LogP contribution < -0.4 is 9.59 Å². The summed E-state index contributed by atoms with van der Waals surface area (Å²) in [5, 5.41) is 0. The van der Waals surface area contributed by atoms with E-state index in [0.29, 0.717) is 0 Å². The molecule has 7 nitrogen and oxygen atoms in total. The molecule has 0 spiro atoms. The van der Waals surface area contributed by atoms with E-state index in [2.05, 4.69) is 0 Å². The molecule has 1 N–H and O–H groups in total. The fraction of sp³-hybridized carbons (Fsp3) is 0. The molecule has 0 amide bonds. The van der Waals surface area contributed by atoms with Crippen LogP contribution in [-0.2, 0) is 31.9 Å². The summed E-state index contributed by atoms with van der Waals surface area (Å²) in [6.07, 6.45) is 0. The molecule has 0 aliphatic rings. The molecule has 0 aliphatic heterocycles. The van der Waals surface area contributed by atoms with Gasteiger partial charge in [0.25, 0.3) is 0 Å². The van der Waals surface area contributed by atoms with Crippen molar-refractivity contribution in [3.8, 4) is 0 Å². The molecule has 0 aromatic heterocycles. The third kappa shape index (κ3) is 9710000. The number of rotatable bonds is 0. The van der Waals surface area contributed by atoms with E-state index in [4.69, 9.17) is 31.6 Å². The summed E-state index contributed by atoms with van der Waals surface area (Å²) in [5.74, 6) is 0. The molecule has 0 rings (SSSR count). The quantitative estimate of drug-likeness (QED) is 0.254. The van der Waals surface area contributed by atoms with Gasteiger partial charge in [-0.25, -0.2) is 8.42 Å². The maximum Gasteiger partial charge on any atom is 3.00 e. The molecular formula is HFeO7SSi. The van der Waals surface area contributed by atoms with Crippen molar-refractivity contribution >= 4 is 19.6 Å². The van der Waals surface area contributed by atoms with E-state index in [0.717, 1.165) is 0 Å². The fourth-order valence-corrected chi connectivity index (χ4v) is 0. The van der Waals surface area contributed by atoms with Gasteiger partial charge in [-0.3, -0.25) is 4.55 Å². The Morgan fingerprint density at radius 1 is 1.30 bits per heavy atom. The summed E-state index contributed by atoms with van der Waals surface area (Å²) in [4.78, 5) is 17.0. The van der Waals surface area contributed by atoms with Crippen LogP contribution in [0.1, 0.15) is 0 Å². The normalized spacial score (nSPS) is 8.20. The first-order chi connectivity index (χ1) is 3.73. The zero-order chi connectivity index (χ0) is 8.08. The summed E-state index contributed by atoms with van der Waals surface area (Å²) in [7, 11) is -8.55. The third-order valence-electron chi connectivity index (χ3n) is 0. The van der Waals surface area contributed by atoms with Gasteiger partial charge in [0, 0.05) is 9.17 Å². The van der Waals surface area contributed by atoms with Gasteiger partial charge in [0.2, 0.25) is 10.4 Å². The average molecular weight is 229 g/mol. The zero-order valence-electron chi connectivity index (χ0n) is 4.16. The molecule has 10 heavy (non-hydrogen) atoms. The first-order valence-electron chi connectivity index (χ1n) is 1.29. The predicted octanol–water partition coefficient (Wildman–Crippen LogP) is -3.88. The van der Waals surface area contributed by atoms with E-state index < -0.39 is 19.6 Å². The molecule has 0 bridgehead atoms. The van der Waals surface area contributed by atoms with Crippen LogP contribution in [0.3, 0.4) is 0 Å². The molecule has 0 atom stereocenters. The monoisotopic (exact) mass is 229 g/mol. The van der Waals surface area contributed by atoms with Gasteiger partial charge in [0.05, 0.1) is 0 Å². The van der Waals surface area contributed by atoms with E-state index in [-0.39, 0.29) is 17.1 Å². The zero-order valence-corrected chi connectivity index (χ0v) is 7.08.